The first-order valence-corrected chi connectivity index (χ1v) is 11.9. The SMILES string of the molecule is CSCCC(NC(=O)OC(C)(C)C)c1nnc(SCC(=O)Nc2cccc(Cl)c2)o1. The third-order valence-electron chi connectivity index (χ3n) is 3.46. The fourth-order valence-electron chi connectivity index (χ4n) is 2.25. The largest absolute Gasteiger partial charge is 0.444 e. The molecule has 0 fully saturated rings. The summed E-state index contributed by atoms with van der Waals surface area (Å²) in [6.07, 6.45) is 2.02. The van der Waals surface area contributed by atoms with Gasteiger partial charge in [-0.25, -0.2) is 4.79 Å². The topological polar surface area (TPSA) is 106 Å². The fourth-order valence-corrected chi connectivity index (χ4v) is 3.48. The average Bonchev–Trinajstić information content (AvgIpc) is 3.11. The van der Waals surface area contributed by atoms with Crippen molar-refractivity contribution in [3.63, 3.8) is 0 Å². The zero-order valence-electron chi connectivity index (χ0n) is 17.2. The van der Waals surface area contributed by atoms with Crippen molar-refractivity contribution >= 4 is 52.8 Å². The van der Waals surface area contributed by atoms with Crippen molar-refractivity contribution in [3.8, 4) is 0 Å². The van der Waals surface area contributed by atoms with E-state index < -0.39 is 17.7 Å². The zero-order valence-corrected chi connectivity index (χ0v) is 19.6. The van der Waals surface area contributed by atoms with Crippen LogP contribution in [0.4, 0.5) is 10.5 Å². The smallest absolute Gasteiger partial charge is 0.408 e. The lowest BCUT2D eigenvalue weighted by Crippen LogP contribution is -2.35. The van der Waals surface area contributed by atoms with Crippen molar-refractivity contribution in [2.24, 2.45) is 0 Å². The van der Waals surface area contributed by atoms with Gasteiger partial charge in [0.25, 0.3) is 5.22 Å². The number of thioether (sulfide) groups is 2. The summed E-state index contributed by atoms with van der Waals surface area (Å²) in [5.74, 6) is 0.914. The van der Waals surface area contributed by atoms with Gasteiger partial charge >= 0.3 is 6.09 Å². The molecule has 2 N–H and O–H groups in total. The van der Waals surface area contributed by atoms with Crippen LogP contribution in [0.5, 0.6) is 0 Å². The minimum absolute atomic E-state index is 0.0864. The minimum Gasteiger partial charge on any atom is -0.444 e. The van der Waals surface area contributed by atoms with E-state index in [0.29, 0.717) is 17.1 Å². The highest BCUT2D eigenvalue weighted by Gasteiger charge is 2.24. The summed E-state index contributed by atoms with van der Waals surface area (Å²) in [5.41, 5.74) is -0.00151. The lowest BCUT2D eigenvalue weighted by atomic mass is 10.2. The van der Waals surface area contributed by atoms with Crippen LogP contribution < -0.4 is 10.6 Å². The van der Waals surface area contributed by atoms with Crippen molar-refractivity contribution in [2.75, 3.05) is 23.1 Å². The molecule has 0 saturated carbocycles. The number of ether oxygens (including phenoxy) is 1. The molecule has 11 heteroatoms. The monoisotopic (exact) mass is 472 g/mol. The predicted molar refractivity (Wildman–Crippen MR) is 120 cm³/mol. The Morgan fingerprint density at radius 2 is 2.07 bits per heavy atom. The molecule has 0 aliphatic rings. The second-order valence-electron chi connectivity index (χ2n) is 7.23. The van der Waals surface area contributed by atoms with E-state index in [1.165, 1.54) is 0 Å². The molecule has 0 saturated heterocycles. The second-order valence-corrected chi connectivity index (χ2v) is 9.58. The summed E-state index contributed by atoms with van der Waals surface area (Å²) < 4.78 is 11.0. The van der Waals surface area contributed by atoms with Crippen LogP contribution in [0, 0.1) is 0 Å². The summed E-state index contributed by atoms with van der Waals surface area (Å²) >= 11 is 8.66. The molecule has 0 radical (unpaired) electrons. The molecule has 2 rings (SSSR count). The van der Waals surface area contributed by atoms with Crippen molar-refractivity contribution in [3.05, 3.63) is 35.2 Å². The lowest BCUT2D eigenvalue weighted by Gasteiger charge is -2.22. The Hall–Kier alpha value is -1.91. The third-order valence-corrected chi connectivity index (χ3v) is 5.15. The van der Waals surface area contributed by atoms with Gasteiger partial charge in [-0.3, -0.25) is 4.79 Å². The van der Waals surface area contributed by atoms with E-state index >= 15 is 0 Å². The van der Waals surface area contributed by atoms with Crippen LogP contribution in [0.3, 0.4) is 0 Å². The molecule has 0 aliphatic carbocycles. The van der Waals surface area contributed by atoms with E-state index in [9.17, 15) is 9.59 Å². The van der Waals surface area contributed by atoms with E-state index in [0.717, 1.165) is 17.5 Å². The molecule has 1 heterocycles. The Balaban J connectivity index is 1.93. The molecule has 1 aromatic carbocycles. The van der Waals surface area contributed by atoms with Gasteiger partial charge in [0.2, 0.25) is 11.8 Å². The first-order valence-electron chi connectivity index (χ1n) is 9.16. The summed E-state index contributed by atoms with van der Waals surface area (Å²) in [6.45, 7) is 5.37. The van der Waals surface area contributed by atoms with Gasteiger partial charge in [-0.05, 0) is 57.4 Å². The van der Waals surface area contributed by atoms with Crippen LogP contribution in [-0.2, 0) is 9.53 Å². The van der Waals surface area contributed by atoms with Gasteiger partial charge in [-0.15, -0.1) is 10.2 Å². The molecular formula is C19H25ClN4O4S2. The van der Waals surface area contributed by atoms with Crippen molar-refractivity contribution in [1.29, 1.82) is 0 Å². The van der Waals surface area contributed by atoms with Crippen LogP contribution in [-0.4, -0.2) is 45.6 Å². The maximum Gasteiger partial charge on any atom is 0.408 e. The molecular weight excluding hydrogens is 448 g/mol. The lowest BCUT2D eigenvalue weighted by molar-refractivity contribution is -0.113. The van der Waals surface area contributed by atoms with E-state index in [2.05, 4.69) is 20.8 Å². The molecule has 0 aliphatic heterocycles. The number of hydrogen-bond donors (Lipinski definition) is 2. The van der Waals surface area contributed by atoms with E-state index in [1.807, 2.05) is 6.26 Å². The van der Waals surface area contributed by atoms with E-state index in [1.54, 1.807) is 56.8 Å². The zero-order chi connectivity index (χ0) is 22.1. The van der Waals surface area contributed by atoms with Crippen LogP contribution in [0.15, 0.2) is 33.9 Å². The standard InChI is InChI=1S/C19H25ClN4O4S2/c1-19(2,3)28-17(26)22-14(8-9-29-4)16-23-24-18(27-16)30-11-15(25)21-13-7-5-6-12(20)10-13/h5-7,10,14H,8-9,11H2,1-4H3,(H,21,25)(H,22,26). The Bertz CT molecular complexity index is 857. The number of carbonyl (C=O) groups is 2. The molecule has 1 aromatic heterocycles. The molecule has 0 spiro atoms. The van der Waals surface area contributed by atoms with Gasteiger partial charge in [0.1, 0.15) is 11.6 Å². The highest BCUT2D eigenvalue weighted by Crippen LogP contribution is 2.23. The van der Waals surface area contributed by atoms with Gasteiger partial charge in [-0.1, -0.05) is 29.4 Å². The quantitative estimate of drug-likeness (QED) is 0.502. The van der Waals surface area contributed by atoms with E-state index in [-0.39, 0.29) is 22.8 Å². The van der Waals surface area contributed by atoms with Crippen molar-refractivity contribution < 1.29 is 18.7 Å². The number of carbonyl (C=O) groups excluding carboxylic acids is 2. The Morgan fingerprint density at radius 3 is 2.73 bits per heavy atom. The molecule has 2 amide bonds. The highest BCUT2D eigenvalue weighted by molar-refractivity contribution is 7.99. The van der Waals surface area contributed by atoms with Crippen LogP contribution in [0.2, 0.25) is 5.02 Å². The van der Waals surface area contributed by atoms with Crippen LogP contribution in [0.25, 0.3) is 0 Å². The Morgan fingerprint density at radius 1 is 1.30 bits per heavy atom. The fraction of sp³-hybridized carbons (Fsp3) is 0.474. The maximum absolute atomic E-state index is 12.1. The van der Waals surface area contributed by atoms with Gasteiger partial charge in [0.05, 0.1) is 5.75 Å². The van der Waals surface area contributed by atoms with Gasteiger partial charge in [0, 0.05) is 10.7 Å². The average molecular weight is 473 g/mol. The predicted octanol–water partition coefficient (Wildman–Crippen LogP) is 4.77. The number of nitrogens with zero attached hydrogens (tertiary/aromatic N) is 2. The number of alkyl carbamates (subject to hydrolysis) is 1. The molecule has 30 heavy (non-hydrogen) atoms. The van der Waals surface area contributed by atoms with Crippen LogP contribution >= 0.6 is 35.1 Å². The molecule has 164 valence electrons. The second kappa shape index (κ2) is 11.5. The number of hydrogen-bond acceptors (Lipinski definition) is 8. The number of benzene rings is 1. The summed E-state index contributed by atoms with van der Waals surface area (Å²) in [5, 5.41) is 14.3. The van der Waals surface area contributed by atoms with Crippen LogP contribution in [0.1, 0.15) is 39.1 Å². The molecule has 8 nitrogen and oxygen atoms in total. The van der Waals surface area contributed by atoms with Crippen molar-refractivity contribution in [1.82, 2.24) is 15.5 Å². The van der Waals surface area contributed by atoms with Gasteiger partial charge in [-0.2, -0.15) is 11.8 Å². The van der Waals surface area contributed by atoms with Gasteiger partial charge < -0.3 is 19.8 Å². The number of amides is 2. The third kappa shape index (κ3) is 8.85. The molecule has 1 unspecified atom stereocenters. The first kappa shape index (κ1) is 24.4. The first-order chi connectivity index (χ1) is 14.2. The normalized spacial score (nSPS) is 12.3. The van der Waals surface area contributed by atoms with Gasteiger partial charge in [0.15, 0.2) is 0 Å². The molecule has 2 aromatic rings. The maximum atomic E-state index is 12.1. The molecule has 0 bridgehead atoms. The number of anilines is 1. The minimum atomic E-state index is -0.611. The number of aromatic nitrogens is 2. The Labute approximate surface area is 189 Å². The summed E-state index contributed by atoms with van der Waals surface area (Å²) in [7, 11) is 0. The van der Waals surface area contributed by atoms with E-state index in [4.69, 9.17) is 20.8 Å². The van der Waals surface area contributed by atoms with Crippen molar-refractivity contribution in [2.45, 2.75) is 44.1 Å². The summed E-state index contributed by atoms with van der Waals surface area (Å²) in [6, 6.07) is 6.41. The number of nitrogens with one attached hydrogen (secondary N) is 2. The summed E-state index contributed by atoms with van der Waals surface area (Å²) in [4.78, 5) is 24.2. The number of rotatable bonds is 9. The number of halogens is 1. The molecule has 1 atom stereocenters. The highest BCUT2D eigenvalue weighted by atomic mass is 35.5. The Kier molecular flexibility index (Phi) is 9.32.